The van der Waals surface area contributed by atoms with Crippen LogP contribution < -0.4 is 5.32 Å². The van der Waals surface area contributed by atoms with Crippen molar-refractivity contribution in [2.24, 2.45) is 0 Å². The Bertz CT molecular complexity index is 463. The first-order chi connectivity index (χ1) is 8.51. The van der Waals surface area contributed by atoms with Gasteiger partial charge in [-0.05, 0) is 6.07 Å². The van der Waals surface area contributed by atoms with E-state index in [9.17, 15) is 18.0 Å². The van der Waals surface area contributed by atoms with Crippen LogP contribution in [-0.4, -0.2) is 19.6 Å². The topological polar surface area (TPSA) is 38.3 Å². The molecule has 0 fully saturated rings. The van der Waals surface area contributed by atoms with E-state index in [4.69, 9.17) is 0 Å². The highest BCUT2D eigenvalue weighted by Crippen LogP contribution is 2.21. The van der Waals surface area contributed by atoms with E-state index < -0.39 is 29.5 Å². The molecule has 0 radical (unpaired) electrons. The van der Waals surface area contributed by atoms with Gasteiger partial charge in [-0.2, -0.15) is 0 Å². The molecule has 0 aliphatic carbocycles. The van der Waals surface area contributed by atoms with Gasteiger partial charge in [-0.1, -0.05) is 6.08 Å². The van der Waals surface area contributed by atoms with Crippen molar-refractivity contribution in [1.29, 1.82) is 0 Å². The van der Waals surface area contributed by atoms with Gasteiger partial charge in [0.2, 0.25) is 0 Å². The fourth-order valence-electron chi connectivity index (χ4n) is 1.40. The highest BCUT2D eigenvalue weighted by molar-refractivity contribution is 5.77. The standard InChI is InChI=1S/C12H12F3NO2/c1-3-4-16-11(12(17)18-2)7-5-9(14)10(15)6-8(7)13/h3,5-6,11,16H,1,4H2,2H3. The summed E-state index contributed by atoms with van der Waals surface area (Å²) < 4.78 is 43.9. The Morgan fingerprint density at radius 2 is 2.00 bits per heavy atom. The van der Waals surface area contributed by atoms with Crippen molar-refractivity contribution in [2.45, 2.75) is 6.04 Å². The molecule has 18 heavy (non-hydrogen) atoms. The lowest BCUT2D eigenvalue weighted by molar-refractivity contribution is -0.143. The minimum absolute atomic E-state index is 0.179. The van der Waals surface area contributed by atoms with Gasteiger partial charge in [0.15, 0.2) is 11.6 Å². The van der Waals surface area contributed by atoms with Gasteiger partial charge in [0.25, 0.3) is 0 Å². The van der Waals surface area contributed by atoms with Gasteiger partial charge in [-0.15, -0.1) is 6.58 Å². The van der Waals surface area contributed by atoms with Crippen LogP contribution in [0.2, 0.25) is 0 Å². The number of nitrogens with one attached hydrogen (secondary N) is 1. The Hall–Kier alpha value is -1.82. The van der Waals surface area contributed by atoms with Crippen molar-refractivity contribution in [2.75, 3.05) is 13.7 Å². The van der Waals surface area contributed by atoms with E-state index in [0.717, 1.165) is 7.11 Å². The SMILES string of the molecule is C=CCNC(C(=O)OC)c1cc(F)c(F)cc1F. The molecule has 98 valence electrons. The second-order valence-corrected chi connectivity index (χ2v) is 3.44. The predicted molar refractivity (Wildman–Crippen MR) is 59.3 cm³/mol. The van der Waals surface area contributed by atoms with E-state index >= 15 is 0 Å². The smallest absolute Gasteiger partial charge is 0.327 e. The third kappa shape index (κ3) is 3.10. The molecule has 0 bridgehead atoms. The van der Waals surface area contributed by atoms with Crippen molar-refractivity contribution < 1.29 is 22.7 Å². The maximum Gasteiger partial charge on any atom is 0.327 e. The number of ether oxygens (including phenoxy) is 1. The quantitative estimate of drug-likeness (QED) is 0.500. The number of halogens is 3. The van der Waals surface area contributed by atoms with Crippen LogP contribution in [0.1, 0.15) is 11.6 Å². The molecule has 0 saturated heterocycles. The molecule has 1 unspecified atom stereocenters. The fraction of sp³-hybridized carbons (Fsp3) is 0.250. The van der Waals surface area contributed by atoms with Crippen LogP contribution in [-0.2, 0) is 9.53 Å². The van der Waals surface area contributed by atoms with E-state index in [-0.39, 0.29) is 12.1 Å². The Kier molecular flexibility index (Phi) is 4.91. The summed E-state index contributed by atoms with van der Waals surface area (Å²) in [6.45, 7) is 3.60. The second kappa shape index (κ2) is 6.20. The van der Waals surface area contributed by atoms with Gasteiger partial charge in [-0.25, -0.2) is 18.0 Å². The van der Waals surface area contributed by atoms with Crippen molar-refractivity contribution in [3.63, 3.8) is 0 Å². The third-order valence-electron chi connectivity index (χ3n) is 2.25. The molecule has 1 rings (SSSR count). The van der Waals surface area contributed by atoms with Crippen molar-refractivity contribution in [1.82, 2.24) is 5.32 Å². The first kappa shape index (κ1) is 14.2. The lowest BCUT2D eigenvalue weighted by Gasteiger charge is -2.16. The van der Waals surface area contributed by atoms with Gasteiger partial charge in [0.1, 0.15) is 11.9 Å². The normalized spacial score (nSPS) is 12.0. The average Bonchev–Trinajstić information content (AvgIpc) is 2.35. The van der Waals surface area contributed by atoms with Crippen LogP contribution in [0.15, 0.2) is 24.8 Å². The molecule has 0 spiro atoms. The molecule has 1 aromatic rings. The molecular weight excluding hydrogens is 247 g/mol. The van der Waals surface area contributed by atoms with E-state index in [1.54, 1.807) is 0 Å². The summed E-state index contributed by atoms with van der Waals surface area (Å²) in [4.78, 5) is 11.5. The van der Waals surface area contributed by atoms with E-state index in [0.29, 0.717) is 12.1 Å². The summed E-state index contributed by atoms with van der Waals surface area (Å²) >= 11 is 0. The molecule has 0 aromatic heterocycles. The maximum absolute atomic E-state index is 13.5. The zero-order chi connectivity index (χ0) is 13.7. The Balaban J connectivity index is 3.15. The molecule has 3 nitrogen and oxygen atoms in total. The number of benzene rings is 1. The van der Waals surface area contributed by atoms with Crippen molar-refractivity contribution >= 4 is 5.97 Å². The summed E-state index contributed by atoms with van der Waals surface area (Å²) in [7, 11) is 1.11. The van der Waals surface area contributed by atoms with E-state index in [1.165, 1.54) is 6.08 Å². The Morgan fingerprint density at radius 3 is 2.56 bits per heavy atom. The maximum atomic E-state index is 13.5. The van der Waals surface area contributed by atoms with Gasteiger partial charge in [0, 0.05) is 18.2 Å². The number of carbonyl (C=O) groups excluding carboxylic acids is 1. The summed E-state index contributed by atoms with van der Waals surface area (Å²) in [5, 5.41) is 2.60. The molecule has 0 aliphatic rings. The summed E-state index contributed by atoms with van der Waals surface area (Å²) in [6, 6.07) is -0.207. The number of hydrogen-bond acceptors (Lipinski definition) is 3. The zero-order valence-electron chi connectivity index (χ0n) is 9.67. The molecule has 0 aliphatic heterocycles. The molecule has 1 N–H and O–H groups in total. The van der Waals surface area contributed by atoms with Gasteiger partial charge in [-0.3, -0.25) is 5.32 Å². The van der Waals surface area contributed by atoms with Gasteiger partial charge in [0.05, 0.1) is 7.11 Å². The summed E-state index contributed by atoms with van der Waals surface area (Å²) in [6.07, 6.45) is 1.44. The summed E-state index contributed by atoms with van der Waals surface area (Å²) in [5.41, 5.74) is -0.317. The van der Waals surface area contributed by atoms with Crippen LogP contribution in [0.3, 0.4) is 0 Å². The monoisotopic (exact) mass is 259 g/mol. The Labute approximate surface area is 102 Å². The van der Waals surface area contributed by atoms with E-state index in [1.807, 2.05) is 0 Å². The number of hydrogen-bond donors (Lipinski definition) is 1. The lowest BCUT2D eigenvalue weighted by atomic mass is 10.1. The highest BCUT2D eigenvalue weighted by Gasteiger charge is 2.25. The van der Waals surface area contributed by atoms with Crippen LogP contribution in [0.4, 0.5) is 13.2 Å². The summed E-state index contributed by atoms with van der Waals surface area (Å²) in [5.74, 6) is -4.38. The molecule has 1 aromatic carbocycles. The molecule has 6 heteroatoms. The number of carbonyl (C=O) groups is 1. The number of rotatable bonds is 5. The second-order valence-electron chi connectivity index (χ2n) is 3.44. The van der Waals surface area contributed by atoms with Crippen molar-refractivity contribution in [3.8, 4) is 0 Å². The van der Waals surface area contributed by atoms with Crippen LogP contribution in [0.25, 0.3) is 0 Å². The molecule has 1 atom stereocenters. The molecule has 0 saturated carbocycles. The zero-order valence-corrected chi connectivity index (χ0v) is 9.67. The molecule has 0 amide bonds. The first-order valence-corrected chi connectivity index (χ1v) is 5.07. The van der Waals surface area contributed by atoms with Gasteiger partial charge < -0.3 is 4.74 Å². The minimum Gasteiger partial charge on any atom is -0.468 e. The first-order valence-electron chi connectivity index (χ1n) is 5.07. The number of esters is 1. The minimum atomic E-state index is -1.32. The average molecular weight is 259 g/mol. The Morgan fingerprint density at radius 1 is 1.39 bits per heavy atom. The van der Waals surface area contributed by atoms with Gasteiger partial charge >= 0.3 is 5.97 Å². The largest absolute Gasteiger partial charge is 0.468 e. The predicted octanol–water partition coefficient (Wildman–Crippen LogP) is 2.09. The van der Waals surface area contributed by atoms with Crippen LogP contribution >= 0.6 is 0 Å². The van der Waals surface area contributed by atoms with Crippen LogP contribution in [0.5, 0.6) is 0 Å². The number of methoxy groups -OCH3 is 1. The lowest BCUT2D eigenvalue weighted by Crippen LogP contribution is -2.30. The fourth-order valence-corrected chi connectivity index (χ4v) is 1.40. The van der Waals surface area contributed by atoms with E-state index in [2.05, 4.69) is 16.6 Å². The molecular formula is C12H12F3NO2. The van der Waals surface area contributed by atoms with Crippen LogP contribution in [0, 0.1) is 17.5 Å². The van der Waals surface area contributed by atoms with Crippen molar-refractivity contribution in [3.05, 3.63) is 47.8 Å². The molecule has 0 heterocycles. The highest BCUT2D eigenvalue weighted by atomic mass is 19.2. The third-order valence-corrected chi connectivity index (χ3v) is 2.25.